The summed E-state index contributed by atoms with van der Waals surface area (Å²) in [6, 6.07) is 1.28. The van der Waals surface area contributed by atoms with Gasteiger partial charge in [0.25, 0.3) is 12.3 Å². The molecule has 13 heteroatoms. The second-order valence-corrected chi connectivity index (χ2v) is 10.0. The van der Waals surface area contributed by atoms with Gasteiger partial charge in [-0.05, 0) is 55.0 Å². The Balaban J connectivity index is 1.80. The second kappa shape index (κ2) is 9.97. The summed E-state index contributed by atoms with van der Waals surface area (Å²) in [4.78, 5) is 29.4. The zero-order valence-corrected chi connectivity index (χ0v) is 22.1. The molecule has 0 aliphatic rings. The number of aryl methyl sites for hydroxylation is 4. The number of thiophene rings is 1. The predicted molar refractivity (Wildman–Crippen MR) is 138 cm³/mol. The number of halogens is 3. The zero-order valence-electron chi connectivity index (χ0n) is 19.1. The Bertz CT molecular complexity index is 1420. The van der Waals surface area contributed by atoms with Gasteiger partial charge in [-0.3, -0.25) is 19.0 Å². The molecule has 4 rings (SSSR count). The molecule has 0 radical (unpaired) electrons. The van der Waals surface area contributed by atoms with Crippen molar-refractivity contribution in [1.82, 2.24) is 24.5 Å². The molecule has 9 nitrogen and oxygen atoms in total. The molecule has 0 saturated carbocycles. The third-order valence-corrected chi connectivity index (χ3v) is 7.57. The van der Waals surface area contributed by atoms with E-state index in [0.717, 1.165) is 20.6 Å². The fourth-order valence-electron chi connectivity index (χ4n) is 3.70. The first-order chi connectivity index (χ1) is 16.6. The second-order valence-electron chi connectivity index (χ2n) is 7.85. The van der Waals surface area contributed by atoms with Crippen molar-refractivity contribution < 1.29 is 18.4 Å². The maximum Gasteiger partial charge on any atom is 0.280 e. The van der Waals surface area contributed by atoms with Crippen molar-refractivity contribution in [1.29, 1.82) is 0 Å². The summed E-state index contributed by atoms with van der Waals surface area (Å²) in [7, 11) is 0. The molecule has 35 heavy (non-hydrogen) atoms. The minimum atomic E-state index is -2.82. The Kier molecular flexibility index (Phi) is 7.17. The Labute approximate surface area is 216 Å². The molecule has 0 aliphatic heterocycles. The first-order valence-electron chi connectivity index (χ1n) is 10.7. The molecular weight excluding hydrogens is 591 g/mol. The Hall–Kier alpha value is -2.94. The molecule has 184 valence electrons. The Morgan fingerprint density at radius 2 is 1.89 bits per heavy atom. The highest BCUT2D eigenvalue weighted by Crippen LogP contribution is 2.43. The molecule has 0 atom stereocenters. The number of nitrogens with one attached hydrogen (secondary N) is 1. The van der Waals surface area contributed by atoms with E-state index in [2.05, 4.69) is 43.1 Å². The summed E-state index contributed by atoms with van der Waals surface area (Å²) < 4.78 is 31.7. The molecule has 0 unspecified atom stereocenters. The number of rotatable bonds is 8. The average molecular weight is 613 g/mol. The molecule has 0 fully saturated rings. The largest absolute Gasteiger partial charge is 0.365 e. The van der Waals surface area contributed by atoms with E-state index in [9.17, 15) is 18.4 Å². The SMILES string of the molecule is CCn1cc(-c2cc(C(F)F)nc3sc(C(N)=O)c(NC(=O)CCn4cc(I)c(C)n4)c23)c(C)n1. The summed E-state index contributed by atoms with van der Waals surface area (Å²) >= 11 is 3.04. The van der Waals surface area contributed by atoms with E-state index in [1.165, 1.54) is 6.07 Å². The van der Waals surface area contributed by atoms with Crippen LogP contribution in [-0.2, 0) is 17.9 Å². The lowest BCUT2D eigenvalue weighted by Crippen LogP contribution is -2.18. The molecule has 0 aromatic carbocycles. The molecule has 3 N–H and O–H groups in total. The van der Waals surface area contributed by atoms with E-state index in [4.69, 9.17) is 5.73 Å². The van der Waals surface area contributed by atoms with Gasteiger partial charge in [0.05, 0.1) is 20.6 Å². The molecule has 4 aromatic rings. The van der Waals surface area contributed by atoms with Gasteiger partial charge >= 0.3 is 0 Å². The van der Waals surface area contributed by atoms with Crippen LogP contribution in [0.3, 0.4) is 0 Å². The Morgan fingerprint density at radius 1 is 1.17 bits per heavy atom. The van der Waals surface area contributed by atoms with Gasteiger partial charge in [-0.1, -0.05) is 0 Å². The molecule has 0 bridgehead atoms. The van der Waals surface area contributed by atoms with Gasteiger partial charge in [0.15, 0.2) is 0 Å². The van der Waals surface area contributed by atoms with Gasteiger partial charge in [-0.15, -0.1) is 11.3 Å². The van der Waals surface area contributed by atoms with Crippen LogP contribution in [-0.4, -0.2) is 36.4 Å². The van der Waals surface area contributed by atoms with Gasteiger partial charge < -0.3 is 11.1 Å². The van der Waals surface area contributed by atoms with E-state index in [1.54, 1.807) is 22.5 Å². The summed E-state index contributed by atoms with van der Waals surface area (Å²) in [6.07, 6.45) is 0.836. The molecule has 0 aliphatic carbocycles. The zero-order chi connectivity index (χ0) is 25.4. The monoisotopic (exact) mass is 613 g/mol. The van der Waals surface area contributed by atoms with E-state index in [1.807, 2.05) is 20.0 Å². The quantitative estimate of drug-likeness (QED) is 0.280. The van der Waals surface area contributed by atoms with Crippen molar-refractivity contribution in [3.63, 3.8) is 0 Å². The van der Waals surface area contributed by atoms with Crippen molar-refractivity contribution in [2.24, 2.45) is 5.73 Å². The number of aromatic nitrogens is 5. The molecule has 4 aromatic heterocycles. The van der Waals surface area contributed by atoms with Crippen molar-refractivity contribution in [2.45, 2.75) is 46.7 Å². The number of hydrogen-bond donors (Lipinski definition) is 2. The van der Waals surface area contributed by atoms with Gasteiger partial charge in [-0.25, -0.2) is 13.8 Å². The van der Waals surface area contributed by atoms with E-state index < -0.39 is 18.0 Å². The third kappa shape index (κ3) is 5.05. The van der Waals surface area contributed by atoms with Crippen LogP contribution in [0.15, 0.2) is 18.5 Å². The molecule has 0 saturated heterocycles. The number of pyridine rings is 1. The number of alkyl halides is 2. The summed E-state index contributed by atoms with van der Waals surface area (Å²) in [6.45, 7) is 6.46. The number of nitrogens with zero attached hydrogens (tertiary/aromatic N) is 5. The molecule has 4 heterocycles. The average Bonchev–Trinajstić information content (AvgIpc) is 3.46. The number of hydrogen-bond acceptors (Lipinski definition) is 6. The van der Waals surface area contributed by atoms with Crippen LogP contribution >= 0.6 is 33.9 Å². The maximum absolute atomic E-state index is 13.7. The fraction of sp³-hybridized carbons (Fsp3) is 0.318. The topological polar surface area (TPSA) is 121 Å². The fourth-order valence-corrected chi connectivity index (χ4v) is 5.15. The number of amides is 2. The van der Waals surface area contributed by atoms with E-state index >= 15 is 0 Å². The third-order valence-electron chi connectivity index (χ3n) is 5.41. The predicted octanol–water partition coefficient (Wildman–Crippen LogP) is 4.66. The first-order valence-corrected chi connectivity index (χ1v) is 12.6. The minimum Gasteiger partial charge on any atom is -0.365 e. The maximum atomic E-state index is 13.7. The summed E-state index contributed by atoms with van der Waals surface area (Å²) in [5.74, 6) is -1.16. The van der Waals surface area contributed by atoms with Crippen LogP contribution in [0.25, 0.3) is 21.3 Å². The lowest BCUT2D eigenvalue weighted by atomic mass is 10.0. The molecular formula is C22H22F2IN7O2S. The van der Waals surface area contributed by atoms with E-state index in [-0.39, 0.29) is 27.7 Å². The smallest absolute Gasteiger partial charge is 0.280 e. The van der Waals surface area contributed by atoms with Gasteiger partial charge in [0.1, 0.15) is 15.4 Å². The van der Waals surface area contributed by atoms with Crippen LogP contribution < -0.4 is 11.1 Å². The van der Waals surface area contributed by atoms with Gasteiger partial charge in [0.2, 0.25) is 5.91 Å². The van der Waals surface area contributed by atoms with Crippen molar-refractivity contribution in [3.8, 4) is 11.1 Å². The van der Waals surface area contributed by atoms with Crippen molar-refractivity contribution >= 4 is 61.6 Å². The first kappa shape index (κ1) is 25.2. The number of nitrogens with two attached hydrogens (primary N) is 1. The number of primary amides is 1. The van der Waals surface area contributed by atoms with E-state index in [0.29, 0.717) is 35.3 Å². The normalized spacial score (nSPS) is 11.5. The highest BCUT2D eigenvalue weighted by Gasteiger charge is 2.26. The highest BCUT2D eigenvalue weighted by molar-refractivity contribution is 14.1. The highest BCUT2D eigenvalue weighted by atomic mass is 127. The number of carbonyl (C=O) groups is 2. The van der Waals surface area contributed by atoms with Crippen LogP contribution in [0.5, 0.6) is 0 Å². The molecule has 2 amide bonds. The van der Waals surface area contributed by atoms with Crippen molar-refractivity contribution in [3.05, 3.63) is 44.0 Å². The summed E-state index contributed by atoms with van der Waals surface area (Å²) in [5.41, 5.74) is 7.81. The lowest BCUT2D eigenvalue weighted by molar-refractivity contribution is -0.116. The van der Waals surface area contributed by atoms with Crippen molar-refractivity contribution in [2.75, 3.05) is 5.32 Å². The summed E-state index contributed by atoms with van der Waals surface area (Å²) in [5, 5.41) is 11.9. The standard InChI is InChI=1S/C22H22F2IN7O2S/c1-4-31-8-13(10(2)29-31)12-7-15(20(23)24)27-22-17(12)18(19(35-22)21(26)34)28-16(33)5-6-32-9-14(25)11(3)30-32/h7-9,20H,4-6H2,1-3H3,(H2,26,34)(H,28,33). The number of anilines is 1. The Morgan fingerprint density at radius 3 is 2.46 bits per heavy atom. The van der Waals surface area contributed by atoms with Gasteiger partial charge in [-0.2, -0.15) is 10.2 Å². The number of carbonyl (C=O) groups excluding carboxylic acids is 2. The minimum absolute atomic E-state index is 0.0403. The molecule has 0 spiro atoms. The van der Waals surface area contributed by atoms with Gasteiger partial charge in [0, 0.05) is 42.9 Å². The lowest BCUT2D eigenvalue weighted by Gasteiger charge is -2.10. The van der Waals surface area contributed by atoms with Crippen LogP contribution in [0.2, 0.25) is 0 Å². The number of fused-ring (bicyclic) bond motifs is 1. The van der Waals surface area contributed by atoms with Crippen LogP contribution in [0.1, 0.15) is 46.5 Å². The van der Waals surface area contributed by atoms with Crippen LogP contribution in [0, 0.1) is 17.4 Å². The van der Waals surface area contributed by atoms with Crippen LogP contribution in [0.4, 0.5) is 14.5 Å².